The molecule has 0 aromatic heterocycles. The van der Waals surface area contributed by atoms with Crippen LogP contribution in [-0.2, 0) is 6.42 Å². The number of carboxylic acids is 1. The Morgan fingerprint density at radius 2 is 1.75 bits per heavy atom. The van der Waals surface area contributed by atoms with Crippen molar-refractivity contribution in [3.05, 3.63) is 20.1 Å². The zero-order chi connectivity index (χ0) is 12.5. The van der Waals surface area contributed by atoms with Gasteiger partial charge in [0.1, 0.15) is 21.5 Å². The Labute approximate surface area is 109 Å². The highest BCUT2D eigenvalue weighted by atomic mass is 79.9. The fourth-order valence-electron chi connectivity index (χ4n) is 1.43. The molecule has 16 heavy (non-hydrogen) atoms. The summed E-state index contributed by atoms with van der Waals surface area (Å²) < 4.78 is 0.285. The van der Waals surface area contributed by atoms with Gasteiger partial charge in [0.15, 0.2) is 0 Å². The van der Waals surface area contributed by atoms with Crippen LogP contribution in [0, 0.1) is 0 Å². The zero-order valence-corrected chi connectivity index (χ0v) is 11.6. The van der Waals surface area contributed by atoms with Crippen LogP contribution in [0.15, 0.2) is 8.95 Å². The van der Waals surface area contributed by atoms with Gasteiger partial charge in [-0.2, -0.15) is 0 Å². The molecule has 0 aliphatic heterocycles. The summed E-state index contributed by atoms with van der Waals surface area (Å²) in [6.07, 6.45) is 1.16. The molecule has 6 heteroatoms. The van der Waals surface area contributed by atoms with E-state index in [1.165, 1.54) is 0 Å². The number of benzene rings is 1. The molecule has 88 valence electrons. The second-order valence-electron chi connectivity index (χ2n) is 3.23. The minimum atomic E-state index is -1.22. The number of carbonyl (C=O) groups is 1. The van der Waals surface area contributed by atoms with Crippen LogP contribution in [0.25, 0.3) is 0 Å². The zero-order valence-electron chi connectivity index (χ0n) is 8.42. The third-order valence-corrected chi connectivity index (χ3v) is 3.75. The van der Waals surface area contributed by atoms with Crippen molar-refractivity contribution in [3.63, 3.8) is 0 Å². The third kappa shape index (κ3) is 2.17. The van der Waals surface area contributed by atoms with Crippen LogP contribution < -0.4 is 0 Å². The molecule has 0 aliphatic rings. The van der Waals surface area contributed by atoms with Gasteiger partial charge in [-0.15, -0.1) is 0 Å². The smallest absolute Gasteiger partial charge is 0.339 e. The molecule has 0 heterocycles. The summed E-state index contributed by atoms with van der Waals surface area (Å²) in [4.78, 5) is 11.0. The van der Waals surface area contributed by atoms with E-state index in [-0.39, 0.29) is 15.8 Å². The number of halogens is 2. The molecule has 1 aromatic rings. The van der Waals surface area contributed by atoms with E-state index >= 15 is 0 Å². The first-order valence-electron chi connectivity index (χ1n) is 4.56. The number of carboxylic acid groups (broad SMARTS) is 1. The molecule has 0 saturated heterocycles. The van der Waals surface area contributed by atoms with Crippen molar-refractivity contribution in [3.8, 4) is 11.5 Å². The van der Waals surface area contributed by atoms with E-state index in [1.807, 2.05) is 6.92 Å². The van der Waals surface area contributed by atoms with Crippen molar-refractivity contribution in [2.24, 2.45) is 0 Å². The number of hydrogen-bond acceptors (Lipinski definition) is 3. The van der Waals surface area contributed by atoms with Crippen LogP contribution in [0.1, 0.15) is 29.3 Å². The van der Waals surface area contributed by atoms with Gasteiger partial charge in [-0.25, -0.2) is 4.79 Å². The van der Waals surface area contributed by atoms with Crippen LogP contribution in [0.4, 0.5) is 0 Å². The van der Waals surface area contributed by atoms with Gasteiger partial charge in [-0.1, -0.05) is 13.3 Å². The maximum absolute atomic E-state index is 11.0. The molecule has 0 unspecified atom stereocenters. The second-order valence-corrected chi connectivity index (χ2v) is 4.82. The predicted molar refractivity (Wildman–Crippen MR) is 66.1 cm³/mol. The maximum atomic E-state index is 11.0. The maximum Gasteiger partial charge on any atom is 0.339 e. The summed E-state index contributed by atoms with van der Waals surface area (Å²) in [6, 6.07) is 0. The van der Waals surface area contributed by atoms with E-state index in [0.29, 0.717) is 22.9 Å². The van der Waals surface area contributed by atoms with Crippen LogP contribution in [0.3, 0.4) is 0 Å². The van der Waals surface area contributed by atoms with Crippen LogP contribution in [0.2, 0.25) is 0 Å². The van der Waals surface area contributed by atoms with Gasteiger partial charge >= 0.3 is 5.97 Å². The lowest BCUT2D eigenvalue weighted by Gasteiger charge is -2.13. The lowest BCUT2D eigenvalue weighted by atomic mass is 10.0. The summed E-state index contributed by atoms with van der Waals surface area (Å²) in [7, 11) is 0. The highest BCUT2D eigenvalue weighted by Crippen LogP contribution is 2.44. The standard InChI is InChI=1S/C10H10Br2O4/c1-2-3-4-5(10(15)16)8(13)7(12)9(14)6(4)11/h13-14H,2-3H2,1H3,(H,15,16). The summed E-state index contributed by atoms with van der Waals surface area (Å²) in [6.45, 7) is 1.88. The molecule has 0 aliphatic carbocycles. The molecule has 0 amide bonds. The van der Waals surface area contributed by atoms with Gasteiger partial charge in [0.25, 0.3) is 0 Å². The lowest BCUT2D eigenvalue weighted by molar-refractivity contribution is 0.0692. The molecule has 0 fully saturated rings. The fourth-order valence-corrected chi connectivity index (χ4v) is 2.69. The Morgan fingerprint density at radius 1 is 1.19 bits per heavy atom. The summed E-state index contributed by atoms with van der Waals surface area (Å²) in [5, 5.41) is 28.4. The van der Waals surface area contributed by atoms with E-state index in [0.717, 1.165) is 0 Å². The highest BCUT2D eigenvalue weighted by molar-refractivity contribution is 9.11. The number of aromatic carboxylic acids is 1. The molecular formula is C10H10Br2O4. The Hall–Kier alpha value is -0.750. The van der Waals surface area contributed by atoms with Crippen LogP contribution in [0.5, 0.6) is 11.5 Å². The number of rotatable bonds is 3. The van der Waals surface area contributed by atoms with Crippen molar-refractivity contribution >= 4 is 37.8 Å². The van der Waals surface area contributed by atoms with E-state index in [2.05, 4.69) is 31.9 Å². The first-order valence-corrected chi connectivity index (χ1v) is 6.15. The Morgan fingerprint density at radius 3 is 2.19 bits per heavy atom. The minimum Gasteiger partial charge on any atom is -0.506 e. The summed E-state index contributed by atoms with van der Waals surface area (Å²) >= 11 is 6.07. The van der Waals surface area contributed by atoms with Gasteiger partial charge in [0.05, 0.1) is 4.47 Å². The normalized spacial score (nSPS) is 10.4. The van der Waals surface area contributed by atoms with Crippen molar-refractivity contribution in [1.29, 1.82) is 0 Å². The van der Waals surface area contributed by atoms with Crippen molar-refractivity contribution in [1.82, 2.24) is 0 Å². The molecule has 0 bridgehead atoms. The first kappa shape index (κ1) is 13.3. The van der Waals surface area contributed by atoms with Crippen LogP contribution in [-0.4, -0.2) is 21.3 Å². The first-order chi connectivity index (χ1) is 7.41. The van der Waals surface area contributed by atoms with E-state index < -0.39 is 11.7 Å². The molecule has 0 saturated carbocycles. The monoisotopic (exact) mass is 352 g/mol. The summed E-state index contributed by atoms with van der Waals surface area (Å²) in [5.41, 5.74) is 0.214. The minimum absolute atomic E-state index is 0.0170. The SMILES string of the molecule is CCCc1c(Br)c(O)c(Br)c(O)c1C(=O)O. The molecule has 0 radical (unpaired) electrons. The van der Waals surface area contributed by atoms with Gasteiger partial charge in [-0.05, 0) is 43.8 Å². The number of phenols is 2. The predicted octanol–water partition coefficient (Wildman–Crippen LogP) is 3.27. The van der Waals surface area contributed by atoms with Gasteiger partial charge in [-0.3, -0.25) is 0 Å². The summed E-state index contributed by atoms with van der Waals surface area (Å²) in [5.74, 6) is -1.86. The molecule has 1 rings (SSSR count). The molecular weight excluding hydrogens is 344 g/mol. The lowest BCUT2D eigenvalue weighted by Crippen LogP contribution is -2.05. The van der Waals surface area contributed by atoms with Crippen molar-refractivity contribution < 1.29 is 20.1 Å². The fraction of sp³-hybridized carbons (Fsp3) is 0.300. The number of phenolic OH excluding ortho intramolecular Hbond substituents is 1. The highest BCUT2D eigenvalue weighted by Gasteiger charge is 2.24. The topological polar surface area (TPSA) is 77.8 Å². The number of aromatic hydroxyl groups is 2. The molecule has 3 N–H and O–H groups in total. The Kier molecular flexibility index (Phi) is 4.21. The van der Waals surface area contributed by atoms with Gasteiger partial charge in [0, 0.05) is 0 Å². The van der Waals surface area contributed by atoms with Gasteiger partial charge in [0.2, 0.25) is 0 Å². The van der Waals surface area contributed by atoms with E-state index in [9.17, 15) is 15.0 Å². The number of hydrogen-bond donors (Lipinski definition) is 3. The molecule has 1 aromatic carbocycles. The quantitative estimate of drug-likeness (QED) is 0.779. The van der Waals surface area contributed by atoms with E-state index in [4.69, 9.17) is 5.11 Å². The van der Waals surface area contributed by atoms with Crippen molar-refractivity contribution in [2.45, 2.75) is 19.8 Å². The third-order valence-electron chi connectivity index (χ3n) is 2.14. The largest absolute Gasteiger partial charge is 0.506 e. The molecule has 4 nitrogen and oxygen atoms in total. The Balaban J connectivity index is 3.61. The average molecular weight is 354 g/mol. The van der Waals surface area contributed by atoms with Crippen molar-refractivity contribution in [2.75, 3.05) is 0 Å². The van der Waals surface area contributed by atoms with Crippen LogP contribution >= 0.6 is 31.9 Å². The average Bonchev–Trinajstić information content (AvgIpc) is 2.23. The molecule has 0 spiro atoms. The Bertz CT molecular complexity index is 443. The van der Waals surface area contributed by atoms with E-state index in [1.54, 1.807) is 0 Å². The van der Waals surface area contributed by atoms with Gasteiger partial charge < -0.3 is 15.3 Å². The second kappa shape index (κ2) is 5.05. The molecule has 0 atom stereocenters.